The molecule has 2 aliphatic heterocycles. The second-order valence-electron chi connectivity index (χ2n) is 9.15. The molecule has 0 spiro atoms. The van der Waals surface area contributed by atoms with Crippen molar-refractivity contribution in [1.29, 1.82) is 0 Å². The maximum absolute atomic E-state index is 12.9. The second-order valence-corrected chi connectivity index (χ2v) is 11.4. The van der Waals surface area contributed by atoms with Crippen LogP contribution < -0.4 is 10.5 Å². The molecule has 0 N–H and O–H groups in total. The number of rotatable bonds is 4. The lowest BCUT2D eigenvalue weighted by atomic mass is 10.1. The van der Waals surface area contributed by atoms with E-state index in [0.717, 1.165) is 63.2 Å². The van der Waals surface area contributed by atoms with E-state index in [1.807, 2.05) is 22.8 Å². The Morgan fingerprint density at radius 2 is 1.80 bits per heavy atom. The van der Waals surface area contributed by atoms with Crippen molar-refractivity contribution in [3.63, 3.8) is 0 Å². The first-order chi connectivity index (χ1) is 14.5. The molecule has 1 saturated carbocycles. The zero-order valence-corrected chi connectivity index (χ0v) is 18.2. The molecule has 1 atom stereocenters. The van der Waals surface area contributed by atoms with Crippen molar-refractivity contribution in [2.45, 2.75) is 38.1 Å². The van der Waals surface area contributed by atoms with Gasteiger partial charge in [0.25, 0.3) is 5.56 Å². The number of aromatic nitrogens is 2. The summed E-state index contributed by atoms with van der Waals surface area (Å²) in [6.07, 6.45) is 7.06. The molecule has 2 aromatic rings. The van der Waals surface area contributed by atoms with Crippen LogP contribution in [-0.2, 0) is 9.84 Å². The molecule has 1 aromatic heterocycles. The predicted molar refractivity (Wildman–Crippen MR) is 119 cm³/mol. The first kappa shape index (κ1) is 20.0. The Kier molecular flexibility index (Phi) is 5.31. The number of sulfone groups is 1. The molecule has 2 saturated heterocycles. The minimum absolute atomic E-state index is 0.0785. The van der Waals surface area contributed by atoms with Crippen LogP contribution in [0.4, 0.5) is 5.69 Å². The van der Waals surface area contributed by atoms with Crippen LogP contribution in [0.25, 0.3) is 10.9 Å². The standard InChI is InChI=1S/C22H30N4O3S/c27-22-20-6-5-19(13-21(20)23-16-26(22)18-3-1-2-4-18)25-10-8-24(9-11-25)14-17-7-12-30(28,29)15-17/h5-6,13,16-18H,1-4,7-12,14-15H2. The third kappa shape index (κ3) is 3.99. The minimum Gasteiger partial charge on any atom is -0.369 e. The molecule has 0 amide bonds. The summed E-state index contributed by atoms with van der Waals surface area (Å²) in [6.45, 7) is 4.57. The molecule has 5 rings (SSSR count). The van der Waals surface area contributed by atoms with Gasteiger partial charge in [0, 0.05) is 44.5 Å². The van der Waals surface area contributed by atoms with Crippen molar-refractivity contribution >= 4 is 26.4 Å². The van der Waals surface area contributed by atoms with Crippen LogP contribution in [0.1, 0.15) is 38.1 Å². The Morgan fingerprint density at radius 3 is 2.50 bits per heavy atom. The number of anilines is 1. The lowest BCUT2D eigenvalue weighted by Crippen LogP contribution is -2.48. The second kappa shape index (κ2) is 7.96. The number of piperazine rings is 1. The lowest BCUT2D eigenvalue weighted by molar-refractivity contribution is 0.227. The van der Waals surface area contributed by atoms with E-state index in [4.69, 9.17) is 0 Å². The molecule has 7 nitrogen and oxygen atoms in total. The van der Waals surface area contributed by atoms with Crippen molar-refractivity contribution in [3.05, 3.63) is 34.9 Å². The van der Waals surface area contributed by atoms with Gasteiger partial charge in [0.2, 0.25) is 0 Å². The monoisotopic (exact) mass is 430 g/mol. The molecule has 30 heavy (non-hydrogen) atoms. The van der Waals surface area contributed by atoms with Gasteiger partial charge in [-0.25, -0.2) is 13.4 Å². The van der Waals surface area contributed by atoms with Gasteiger partial charge >= 0.3 is 0 Å². The normalized spacial score (nSPS) is 25.3. The summed E-state index contributed by atoms with van der Waals surface area (Å²) in [5.41, 5.74) is 1.95. The van der Waals surface area contributed by atoms with Crippen LogP contribution >= 0.6 is 0 Å². The van der Waals surface area contributed by atoms with E-state index in [0.29, 0.717) is 22.9 Å². The number of hydrogen-bond donors (Lipinski definition) is 0. The van der Waals surface area contributed by atoms with Crippen LogP contribution in [-0.4, -0.2) is 67.1 Å². The van der Waals surface area contributed by atoms with E-state index in [9.17, 15) is 13.2 Å². The fourth-order valence-electron chi connectivity index (χ4n) is 5.33. The molecule has 1 aromatic carbocycles. The fraction of sp³-hybridized carbons (Fsp3) is 0.636. The van der Waals surface area contributed by atoms with Crippen molar-refractivity contribution in [1.82, 2.24) is 14.5 Å². The summed E-state index contributed by atoms with van der Waals surface area (Å²) < 4.78 is 25.2. The number of nitrogens with zero attached hydrogens (tertiary/aromatic N) is 4. The fourth-order valence-corrected chi connectivity index (χ4v) is 7.18. The topological polar surface area (TPSA) is 75.5 Å². The molecule has 1 aliphatic carbocycles. The summed E-state index contributed by atoms with van der Waals surface area (Å²) >= 11 is 0. The molecule has 3 aliphatic rings. The van der Waals surface area contributed by atoms with E-state index in [-0.39, 0.29) is 11.5 Å². The molecule has 8 heteroatoms. The van der Waals surface area contributed by atoms with Gasteiger partial charge in [-0.3, -0.25) is 14.3 Å². The third-order valence-electron chi connectivity index (χ3n) is 7.07. The average molecular weight is 431 g/mol. The highest BCUT2D eigenvalue weighted by Gasteiger charge is 2.30. The highest BCUT2D eigenvalue weighted by molar-refractivity contribution is 7.91. The molecule has 3 heterocycles. The van der Waals surface area contributed by atoms with E-state index in [1.165, 1.54) is 12.8 Å². The summed E-state index contributed by atoms with van der Waals surface area (Å²) in [4.78, 5) is 22.3. The van der Waals surface area contributed by atoms with Gasteiger partial charge in [0.05, 0.1) is 28.7 Å². The van der Waals surface area contributed by atoms with E-state index < -0.39 is 9.84 Å². The van der Waals surface area contributed by atoms with Crippen LogP contribution in [0, 0.1) is 5.92 Å². The maximum Gasteiger partial charge on any atom is 0.261 e. The number of fused-ring (bicyclic) bond motifs is 1. The van der Waals surface area contributed by atoms with E-state index in [1.54, 1.807) is 6.33 Å². The van der Waals surface area contributed by atoms with Crippen LogP contribution in [0.3, 0.4) is 0 Å². The van der Waals surface area contributed by atoms with Crippen LogP contribution in [0.5, 0.6) is 0 Å². The zero-order valence-electron chi connectivity index (χ0n) is 17.4. The van der Waals surface area contributed by atoms with Gasteiger partial charge in [0.15, 0.2) is 9.84 Å². The van der Waals surface area contributed by atoms with Gasteiger partial charge in [0.1, 0.15) is 0 Å². The first-order valence-corrected chi connectivity index (χ1v) is 13.0. The maximum atomic E-state index is 12.9. The molecular formula is C22H30N4O3S. The molecule has 1 unspecified atom stereocenters. The Balaban J connectivity index is 1.25. The van der Waals surface area contributed by atoms with E-state index in [2.05, 4.69) is 14.8 Å². The summed E-state index contributed by atoms with van der Waals surface area (Å²) in [5, 5.41) is 0.703. The largest absolute Gasteiger partial charge is 0.369 e. The quantitative estimate of drug-likeness (QED) is 0.739. The lowest BCUT2D eigenvalue weighted by Gasteiger charge is -2.37. The Bertz CT molecular complexity index is 1080. The summed E-state index contributed by atoms with van der Waals surface area (Å²) in [6, 6.07) is 6.32. The summed E-state index contributed by atoms with van der Waals surface area (Å²) in [7, 11) is -2.80. The highest BCUT2D eigenvalue weighted by Crippen LogP contribution is 2.29. The molecule has 162 valence electrons. The summed E-state index contributed by atoms with van der Waals surface area (Å²) in [5.74, 6) is 0.986. The third-order valence-corrected chi connectivity index (χ3v) is 8.90. The number of benzene rings is 1. The van der Waals surface area contributed by atoms with Crippen LogP contribution in [0.2, 0.25) is 0 Å². The van der Waals surface area contributed by atoms with Gasteiger partial charge in [-0.15, -0.1) is 0 Å². The van der Waals surface area contributed by atoms with Crippen molar-refractivity contribution in [2.75, 3.05) is 49.1 Å². The smallest absolute Gasteiger partial charge is 0.261 e. The Morgan fingerprint density at radius 1 is 1.03 bits per heavy atom. The molecule has 0 radical (unpaired) electrons. The average Bonchev–Trinajstić information content (AvgIpc) is 3.38. The number of hydrogen-bond acceptors (Lipinski definition) is 6. The van der Waals surface area contributed by atoms with Gasteiger partial charge in [-0.1, -0.05) is 12.8 Å². The molecular weight excluding hydrogens is 400 g/mol. The van der Waals surface area contributed by atoms with Crippen molar-refractivity contribution < 1.29 is 8.42 Å². The Labute approximate surface area is 177 Å². The van der Waals surface area contributed by atoms with Gasteiger partial charge in [-0.2, -0.15) is 0 Å². The van der Waals surface area contributed by atoms with Crippen LogP contribution in [0.15, 0.2) is 29.3 Å². The predicted octanol–water partition coefficient (Wildman–Crippen LogP) is 2.07. The van der Waals surface area contributed by atoms with Crippen molar-refractivity contribution in [2.24, 2.45) is 5.92 Å². The van der Waals surface area contributed by atoms with Crippen molar-refractivity contribution in [3.8, 4) is 0 Å². The first-order valence-electron chi connectivity index (χ1n) is 11.2. The Hall–Kier alpha value is -1.93. The SMILES string of the molecule is O=c1c2ccc(N3CCN(CC4CCS(=O)(=O)C4)CC3)cc2ncn1C1CCCC1. The zero-order chi connectivity index (χ0) is 20.7. The molecule has 3 fully saturated rings. The van der Waals surface area contributed by atoms with Gasteiger partial charge < -0.3 is 4.90 Å². The minimum atomic E-state index is -2.80. The molecule has 0 bridgehead atoms. The van der Waals surface area contributed by atoms with E-state index >= 15 is 0 Å². The highest BCUT2D eigenvalue weighted by atomic mass is 32.2. The van der Waals surface area contributed by atoms with Gasteiger partial charge in [-0.05, 0) is 43.4 Å².